The van der Waals surface area contributed by atoms with Crippen LogP contribution in [0.2, 0.25) is 0 Å². The number of aliphatic hydroxyl groups excluding tert-OH is 1. The van der Waals surface area contributed by atoms with Crippen molar-refractivity contribution < 1.29 is 14.9 Å². The van der Waals surface area contributed by atoms with Gasteiger partial charge >= 0.3 is 0 Å². The summed E-state index contributed by atoms with van der Waals surface area (Å²) in [6.45, 7) is 1.01. The number of likely N-dealkylation sites (tertiary alicyclic amines) is 1. The molecule has 1 aromatic rings. The van der Waals surface area contributed by atoms with Gasteiger partial charge in [-0.05, 0) is 38.1 Å². The molecule has 5 atom stereocenters. The third kappa shape index (κ3) is 1.21. The van der Waals surface area contributed by atoms with E-state index in [1.54, 1.807) is 6.07 Å². The van der Waals surface area contributed by atoms with E-state index < -0.39 is 6.10 Å². The van der Waals surface area contributed by atoms with Crippen molar-refractivity contribution in [1.29, 1.82) is 0 Å². The number of ether oxygens (including phenoxy) is 1. The number of phenols is 1. The predicted molar refractivity (Wildman–Crippen MR) is 77.6 cm³/mol. The van der Waals surface area contributed by atoms with Crippen LogP contribution in [0.25, 0.3) is 0 Å². The number of piperidine rings is 1. The van der Waals surface area contributed by atoms with E-state index in [0.29, 0.717) is 17.7 Å². The monoisotopic (exact) mass is 285 g/mol. The summed E-state index contributed by atoms with van der Waals surface area (Å²) in [5.41, 5.74) is 2.29. The standard InChI is InChI=1S/C17H19NO3/c1-18-7-6-17-10-3-5-13(20)16(17)21-15-12(19)4-2-9(14(15)17)8-11(10)18/h2-5,10-11,13,16,19-20H,6-8H2,1H3/t10?,11-,13-,16-,17-/m0/s1. The molecule has 4 heteroatoms. The van der Waals surface area contributed by atoms with Crippen LogP contribution in [-0.4, -0.2) is 47.0 Å². The van der Waals surface area contributed by atoms with Crippen molar-refractivity contribution in [3.63, 3.8) is 0 Å². The number of benzene rings is 1. The predicted octanol–water partition coefficient (Wildman–Crippen LogP) is 1.20. The van der Waals surface area contributed by atoms with E-state index in [4.69, 9.17) is 4.74 Å². The molecule has 1 aromatic carbocycles. The number of aromatic hydroxyl groups is 1. The molecule has 1 saturated heterocycles. The molecule has 0 aromatic heterocycles. The lowest BCUT2D eigenvalue weighted by atomic mass is 9.53. The van der Waals surface area contributed by atoms with Gasteiger partial charge in [0.1, 0.15) is 12.2 Å². The third-order valence-corrected chi connectivity index (χ3v) is 6.15. The molecule has 0 amide bonds. The van der Waals surface area contributed by atoms with E-state index in [-0.39, 0.29) is 17.3 Å². The molecule has 2 aliphatic carbocycles. The lowest BCUT2D eigenvalue weighted by Crippen LogP contribution is -2.64. The fourth-order valence-corrected chi connectivity index (χ4v) is 5.24. The first-order valence-corrected chi connectivity index (χ1v) is 7.71. The van der Waals surface area contributed by atoms with Gasteiger partial charge in [-0.25, -0.2) is 0 Å². The summed E-state index contributed by atoms with van der Waals surface area (Å²) in [7, 11) is 2.19. The van der Waals surface area contributed by atoms with Crippen molar-refractivity contribution in [3.05, 3.63) is 35.4 Å². The average Bonchev–Trinajstić information content (AvgIpc) is 2.83. The molecular formula is C17H19NO3. The van der Waals surface area contributed by atoms with Gasteiger partial charge in [0.05, 0.1) is 0 Å². The van der Waals surface area contributed by atoms with Crippen molar-refractivity contribution in [2.24, 2.45) is 5.92 Å². The molecule has 1 spiro atoms. The molecule has 0 saturated carbocycles. The van der Waals surface area contributed by atoms with Crippen LogP contribution in [0.5, 0.6) is 11.5 Å². The molecule has 0 radical (unpaired) electrons. The molecule has 2 heterocycles. The summed E-state index contributed by atoms with van der Waals surface area (Å²) in [5.74, 6) is 1.19. The first-order valence-electron chi connectivity index (χ1n) is 7.71. The molecule has 4 nitrogen and oxygen atoms in total. The Hall–Kier alpha value is -1.52. The Morgan fingerprint density at radius 1 is 1.33 bits per heavy atom. The molecule has 2 aliphatic heterocycles. The highest BCUT2D eigenvalue weighted by molar-refractivity contribution is 5.61. The van der Waals surface area contributed by atoms with Crippen LogP contribution in [0.15, 0.2) is 24.3 Å². The minimum absolute atomic E-state index is 0.160. The van der Waals surface area contributed by atoms with Crippen molar-refractivity contribution in [2.75, 3.05) is 13.6 Å². The zero-order valence-electron chi connectivity index (χ0n) is 12.0. The van der Waals surface area contributed by atoms with Crippen LogP contribution < -0.4 is 4.74 Å². The second-order valence-corrected chi connectivity index (χ2v) is 6.93. The summed E-state index contributed by atoms with van der Waals surface area (Å²) < 4.78 is 6.09. The smallest absolute Gasteiger partial charge is 0.165 e. The number of phenolic OH excluding ortho intramolecular Hbond substituents is 1. The first kappa shape index (κ1) is 12.1. The Morgan fingerprint density at radius 2 is 2.19 bits per heavy atom. The van der Waals surface area contributed by atoms with E-state index >= 15 is 0 Å². The second-order valence-electron chi connectivity index (χ2n) is 6.93. The van der Waals surface area contributed by atoms with Crippen molar-refractivity contribution >= 4 is 0 Å². The van der Waals surface area contributed by atoms with Crippen molar-refractivity contribution in [2.45, 2.75) is 36.5 Å². The number of aliphatic hydroxyl groups is 1. The first-order chi connectivity index (χ1) is 10.1. The van der Waals surface area contributed by atoms with E-state index in [2.05, 4.69) is 18.0 Å². The van der Waals surface area contributed by atoms with Crippen LogP contribution in [0.4, 0.5) is 0 Å². The summed E-state index contributed by atoms with van der Waals surface area (Å²) in [4.78, 5) is 2.43. The minimum Gasteiger partial charge on any atom is -0.504 e. The van der Waals surface area contributed by atoms with Crippen LogP contribution in [0.1, 0.15) is 17.5 Å². The molecule has 1 unspecified atom stereocenters. The third-order valence-electron chi connectivity index (χ3n) is 6.15. The zero-order valence-corrected chi connectivity index (χ0v) is 12.0. The molecule has 2 N–H and O–H groups in total. The van der Waals surface area contributed by atoms with Gasteiger partial charge in [-0.15, -0.1) is 0 Å². The second kappa shape index (κ2) is 3.62. The van der Waals surface area contributed by atoms with E-state index in [1.165, 1.54) is 11.1 Å². The number of nitrogens with zero attached hydrogens (tertiary/aromatic N) is 1. The Morgan fingerprint density at radius 3 is 3.05 bits per heavy atom. The normalized spacial score (nSPS) is 42.6. The molecule has 1 fully saturated rings. The van der Waals surface area contributed by atoms with Crippen LogP contribution in [-0.2, 0) is 11.8 Å². The topological polar surface area (TPSA) is 52.9 Å². The summed E-state index contributed by atoms with van der Waals surface area (Å²) >= 11 is 0. The van der Waals surface area contributed by atoms with Crippen molar-refractivity contribution in [1.82, 2.24) is 4.90 Å². The number of likely N-dealkylation sites (N-methyl/N-ethyl adjacent to an activating group) is 1. The van der Waals surface area contributed by atoms with Gasteiger partial charge in [0, 0.05) is 22.9 Å². The fourth-order valence-electron chi connectivity index (χ4n) is 5.24. The minimum atomic E-state index is -0.594. The SMILES string of the molecule is CN1CC[C@]23c4c5ccc(O)c4O[C@H]2[C@@H](O)C=CC3[C@@H]1C5. The maximum absolute atomic E-state index is 10.4. The van der Waals surface area contributed by atoms with E-state index in [1.807, 2.05) is 12.1 Å². The lowest BCUT2D eigenvalue weighted by molar-refractivity contribution is -0.0453. The Labute approximate surface area is 123 Å². The molecule has 4 aliphatic rings. The number of hydrogen-bond acceptors (Lipinski definition) is 4. The van der Waals surface area contributed by atoms with E-state index in [9.17, 15) is 10.2 Å². The largest absolute Gasteiger partial charge is 0.504 e. The zero-order chi connectivity index (χ0) is 14.4. The maximum Gasteiger partial charge on any atom is 0.165 e. The van der Waals surface area contributed by atoms with Crippen molar-refractivity contribution in [3.8, 4) is 11.5 Å². The van der Waals surface area contributed by atoms with Crippen LogP contribution in [0.3, 0.4) is 0 Å². The highest BCUT2D eigenvalue weighted by Gasteiger charge is 2.64. The highest BCUT2D eigenvalue weighted by Crippen LogP contribution is 2.62. The van der Waals surface area contributed by atoms with E-state index in [0.717, 1.165) is 19.4 Å². The summed E-state index contributed by atoms with van der Waals surface area (Å²) in [6, 6.07) is 4.23. The van der Waals surface area contributed by atoms with Gasteiger partial charge in [0.25, 0.3) is 0 Å². The fraction of sp³-hybridized carbons (Fsp3) is 0.529. The quantitative estimate of drug-likeness (QED) is 0.703. The van der Waals surface area contributed by atoms with Gasteiger partial charge in [0.15, 0.2) is 11.5 Å². The highest BCUT2D eigenvalue weighted by atomic mass is 16.5. The van der Waals surface area contributed by atoms with Gasteiger partial charge < -0.3 is 19.8 Å². The number of rotatable bonds is 0. The number of hydrogen-bond donors (Lipinski definition) is 2. The summed E-state index contributed by atoms with van der Waals surface area (Å²) in [6.07, 6.45) is 5.18. The van der Waals surface area contributed by atoms with Crippen LogP contribution in [0, 0.1) is 5.92 Å². The van der Waals surface area contributed by atoms with Gasteiger partial charge in [0.2, 0.25) is 0 Å². The van der Waals surface area contributed by atoms with Gasteiger partial charge in [-0.3, -0.25) is 0 Å². The average molecular weight is 285 g/mol. The molecule has 2 bridgehead atoms. The molecule has 21 heavy (non-hydrogen) atoms. The Balaban J connectivity index is 1.84. The van der Waals surface area contributed by atoms with Crippen LogP contribution >= 0.6 is 0 Å². The molecule has 5 rings (SSSR count). The van der Waals surface area contributed by atoms with Gasteiger partial charge in [-0.1, -0.05) is 18.2 Å². The Bertz CT molecular complexity index is 670. The molecular weight excluding hydrogens is 266 g/mol. The lowest BCUT2D eigenvalue weighted by Gasteiger charge is -2.56. The maximum atomic E-state index is 10.4. The molecule has 110 valence electrons. The summed E-state index contributed by atoms with van der Waals surface area (Å²) in [5, 5.41) is 20.6. The van der Waals surface area contributed by atoms with Gasteiger partial charge in [-0.2, -0.15) is 0 Å². The Kier molecular flexibility index (Phi) is 2.08.